The minimum atomic E-state index is -4.01. The zero-order chi connectivity index (χ0) is 30.1. The third-order valence-electron chi connectivity index (χ3n) is 7.16. The normalized spacial score (nSPS) is 15.0. The fourth-order valence-electron chi connectivity index (χ4n) is 4.96. The molecule has 2 aromatic carbocycles. The van der Waals surface area contributed by atoms with Gasteiger partial charge in [-0.3, -0.25) is 0 Å². The van der Waals surface area contributed by atoms with Crippen molar-refractivity contribution in [1.82, 2.24) is 20.3 Å². The van der Waals surface area contributed by atoms with Crippen LogP contribution in [-0.2, 0) is 15.4 Å². The van der Waals surface area contributed by atoms with Crippen molar-refractivity contribution >= 4 is 38.7 Å². The third kappa shape index (κ3) is 6.46. The van der Waals surface area contributed by atoms with Crippen LogP contribution in [0.25, 0.3) is 21.8 Å². The second-order valence-corrected chi connectivity index (χ2v) is 14.1. The fraction of sp³-hybridized carbons (Fsp3) is 0.367. The highest BCUT2D eigenvalue weighted by Gasteiger charge is 2.29. The summed E-state index contributed by atoms with van der Waals surface area (Å²) in [6.45, 7) is 11.7. The lowest BCUT2D eigenvalue weighted by Gasteiger charge is -2.29. The first-order chi connectivity index (χ1) is 20.0. The number of rotatable bonds is 8. The summed E-state index contributed by atoms with van der Waals surface area (Å²) in [5.41, 5.74) is 2.92. The van der Waals surface area contributed by atoms with Crippen LogP contribution in [-0.4, -0.2) is 49.5 Å². The summed E-state index contributed by atoms with van der Waals surface area (Å²) >= 11 is 1.43. The predicted molar refractivity (Wildman–Crippen MR) is 168 cm³/mol. The highest BCUT2D eigenvalue weighted by Crippen LogP contribution is 2.42. The Balaban J connectivity index is 1.51. The Bertz CT molecular complexity index is 1660. The molecule has 12 heteroatoms. The van der Waals surface area contributed by atoms with Crippen LogP contribution in [0.3, 0.4) is 0 Å². The summed E-state index contributed by atoms with van der Waals surface area (Å²) in [6.07, 6.45) is 1.80. The standard InChI is InChI=1S/C30H36FN7O2S2/c1-5-24(42(32,39)40)21-7-6-8-22(25(21)31)26-27(41-28(37-26)30(2,3)4)23-13-14-34-29(36-23)35-19-9-11-20(12-10-19)38-17-15-33-16-18-38/h6-14,24,33H,5,15-18H2,1-4H3,(H2,32,39,40)(H,34,35,36). The van der Waals surface area contributed by atoms with Crippen LogP contribution in [0.2, 0.25) is 0 Å². The van der Waals surface area contributed by atoms with Gasteiger partial charge in [0, 0.05) is 60.3 Å². The van der Waals surface area contributed by atoms with Crippen LogP contribution in [0, 0.1) is 5.82 Å². The lowest BCUT2D eigenvalue weighted by molar-refractivity contribution is 0.566. The maximum Gasteiger partial charge on any atom is 0.227 e. The van der Waals surface area contributed by atoms with Gasteiger partial charge in [-0.15, -0.1) is 11.3 Å². The predicted octanol–water partition coefficient (Wildman–Crippen LogP) is 5.60. The van der Waals surface area contributed by atoms with Gasteiger partial charge < -0.3 is 15.5 Å². The van der Waals surface area contributed by atoms with Crippen LogP contribution in [0.5, 0.6) is 0 Å². The van der Waals surface area contributed by atoms with E-state index in [0.717, 1.165) is 42.6 Å². The molecule has 1 atom stereocenters. The van der Waals surface area contributed by atoms with E-state index in [9.17, 15) is 8.42 Å². The topological polar surface area (TPSA) is 126 Å². The maximum absolute atomic E-state index is 16.1. The number of halogens is 1. The molecule has 0 amide bonds. The molecule has 0 radical (unpaired) electrons. The molecule has 222 valence electrons. The molecule has 0 aliphatic carbocycles. The van der Waals surface area contributed by atoms with Gasteiger partial charge in [0.25, 0.3) is 0 Å². The van der Waals surface area contributed by atoms with Gasteiger partial charge >= 0.3 is 0 Å². The summed E-state index contributed by atoms with van der Waals surface area (Å²) in [5, 5.41) is 11.7. The second-order valence-electron chi connectivity index (χ2n) is 11.3. The third-order valence-corrected chi connectivity index (χ3v) is 10.0. The zero-order valence-electron chi connectivity index (χ0n) is 24.2. The fourth-order valence-corrected chi connectivity index (χ4v) is 7.07. The lowest BCUT2D eigenvalue weighted by atomic mass is 9.98. The summed E-state index contributed by atoms with van der Waals surface area (Å²) < 4.78 is 40.5. The largest absolute Gasteiger partial charge is 0.369 e. The molecular formula is C30H36FN7O2S2. The molecule has 1 aliphatic rings. The first-order valence-electron chi connectivity index (χ1n) is 13.9. The van der Waals surface area contributed by atoms with Crippen LogP contribution < -0.4 is 20.7 Å². The number of sulfonamides is 1. The Morgan fingerprint density at radius 3 is 2.45 bits per heavy atom. The van der Waals surface area contributed by atoms with Gasteiger partial charge in [0.2, 0.25) is 16.0 Å². The Kier molecular flexibility index (Phi) is 8.61. The Morgan fingerprint density at radius 2 is 1.81 bits per heavy atom. The molecule has 2 aromatic heterocycles. The van der Waals surface area contributed by atoms with E-state index in [1.807, 2.05) is 32.9 Å². The summed E-state index contributed by atoms with van der Waals surface area (Å²) in [4.78, 5) is 17.0. The van der Waals surface area contributed by atoms with Gasteiger partial charge in [-0.2, -0.15) is 0 Å². The number of anilines is 3. The average molecular weight is 610 g/mol. The quantitative estimate of drug-likeness (QED) is 0.236. The van der Waals surface area contributed by atoms with E-state index < -0.39 is 21.1 Å². The van der Waals surface area contributed by atoms with Crippen molar-refractivity contribution in [2.75, 3.05) is 36.4 Å². The van der Waals surface area contributed by atoms with E-state index in [1.54, 1.807) is 31.3 Å². The molecule has 3 heterocycles. The number of nitrogens with two attached hydrogens (primary N) is 1. The summed E-state index contributed by atoms with van der Waals surface area (Å²) in [7, 11) is -4.01. The van der Waals surface area contributed by atoms with Crippen molar-refractivity contribution in [3.8, 4) is 21.8 Å². The minimum Gasteiger partial charge on any atom is -0.369 e. The van der Waals surface area contributed by atoms with Crippen molar-refractivity contribution in [3.05, 3.63) is 71.1 Å². The van der Waals surface area contributed by atoms with Crippen molar-refractivity contribution in [1.29, 1.82) is 0 Å². The van der Waals surface area contributed by atoms with E-state index in [-0.39, 0.29) is 23.0 Å². The summed E-state index contributed by atoms with van der Waals surface area (Å²) in [6, 6.07) is 14.6. The van der Waals surface area contributed by atoms with Crippen LogP contribution in [0.15, 0.2) is 54.7 Å². The second kappa shape index (κ2) is 12.0. The van der Waals surface area contributed by atoms with Crippen LogP contribution in [0.1, 0.15) is 49.9 Å². The molecule has 0 bridgehead atoms. The number of primary sulfonamides is 1. The monoisotopic (exact) mass is 609 g/mol. The first kappa shape index (κ1) is 30.0. The number of hydrogen-bond acceptors (Lipinski definition) is 9. The van der Waals surface area contributed by atoms with Gasteiger partial charge in [0.15, 0.2) is 0 Å². The van der Waals surface area contributed by atoms with Gasteiger partial charge in [-0.1, -0.05) is 39.8 Å². The first-order valence-corrected chi connectivity index (χ1v) is 16.4. The van der Waals surface area contributed by atoms with E-state index in [0.29, 0.717) is 22.2 Å². The summed E-state index contributed by atoms with van der Waals surface area (Å²) in [5.74, 6) is -0.254. The number of nitrogens with one attached hydrogen (secondary N) is 2. The van der Waals surface area contributed by atoms with Crippen molar-refractivity contribution in [3.63, 3.8) is 0 Å². The van der Waals surface area contributed by atoms with Crippen molar-refractivity contribution < 1.29 is 12.8 Å². The molecular weight excluding hydrogens is 574 g/mol. The smallest absolute Gasteiger partial charge is 0.227 e. The number of benzene rings is 2. The van der Waals surface area contributed by atoms with Gasteiger partial charge in [-0.05, 0) is 42.8 Å². The van der Waals surface area contributed by atoms with Gasteiger partial charge in [0.05, 0.1) is 21.3 Å². The van der Waals surface area contributed by atoms with Gasteiger partial charge in [-0.25, -0.2) is 32.9 Å². The number of hydrogen-bond donors (Lipinski definition) is 3. The number of piperazine rings is 1. The molecule has 42 heavy (non-hydrogen) atoms. The zero-order valence-corrected chi connectivity index (χ0v) is 25.8. The van der Waals surface area contributed by atoms with E-state index in [4.69, 9.17) is 15.1 Å². The molecule has 4 N–H and O–H groups in total. The van der Waals surface area contributed by atoms with E-state index >= 15 is 4.39 Å². The van der Waals surface area contributed by atoms with E-state index in [2.05, 4.69) is 32.7 Å². The average Bonchev–Trinajstić information content (AvgIpc) is 3.41. The molecule has 9 nitrogen and oxygen atoms in total. The number of thiazole rings is 1. The Hall–Kier alpha value is -3.45. The molecule has 5 rings (SSSR count). The van der Waals surface area contributed by atoms with Crippen LogP contribution >= 0.6 is 11.3 Å². The van der Waals surface area contributed by atoms with E-state index in [1.165, 1.54) is 17.4 Å². The lowest BCUT2D eigenvalue weighted by Crippen LogP contribution is -2.43. The SMILES string of the molecule is CCC(c1cccc(-c2nc(C(C)(C)C)sc2-c2ccnc(Nc3ccc(N4CCNCC4)cc3)n2)c1F)S(N)(=O)=O. The molecule has 1 aliphatic heterocycles. The maximum atomic E-state index is 16.1. The highest BCUT2D eigenvalue weighted by atomic mass is 32.2. The molecule has 1 fully saturated rings. The number of nitrogens with zero attached hydrogens (tertiary/aromatic N) is 4. The Morgan fingerprint density at radius 1 is 1.10 bits per heavy atom. The molecule has 1 unspecified atom stereocenters. The highest BCUT2D eigenvalue weighted by molar-refractivity contribution is 7.89. The molecule has 1 saturated heterocycles. The molecule has 0 saturated carbocycles. The molecule has 4 aromatic rings. The molecule has 0 spiro atoms. The van der Waals surface area contributed by atoms with Crippen molar-refractivity contribution in [2.24, 2.45) is 5.14 Å². The van der Waals surface area contributed by atoms with Crippen molar-refractivity contribution in [2.45, 2.75) is 44.8 Å². The minimum absolute atomic E-state index is 0.0306. The van der Waals surface area contributed by atoms with Crippen LogP contribution in [0.4, 0.5) is 21.7 Å². The number of aromatic nitrogens is 3. The van der Waals surface area contributed by atoms with Gasteiger partial charge in [0.1, 0.15) is 11.1 Å². The Labute approximate surface area is 250 Å².